The number of nitrogens with zero attached hydrogens (tertiary/aromatic N) is 1. The number of aromatic nitrogens is 1. The highest BCUT2D eigenvalue weighted by Crippen LogP contribution is 2.35. The summed E-state index contributed by atoms with van der Waals surface area (Å²) in [6.07, 6.45) is 0. The van der Waals surface area contributed by atoms with Gasteiger partial charge in [0.05, 0.1) is 11.0 Å². The smallest absolute Gasteiger partial charge is 0.0541 e. The Kier molecular flexibility index (Phi) is 3.54. The van der Waals surface area contributed by atoms with Gasteiger partial charge in [0.1, 0.15) is 0 Å². The molecule has 0 bridgehead atoms. The molecule has 0 aliphatic carbocycles. The molecule has 1 heteroatoms. The van der Waals surface area contributed by atoms with Crippen LogP contribution >= 0.6 is 0 Å². The van der Waals surface area contributed by atoms with E-state index in [0.717, 1.165) is 0 Å². The summed E-state index contributed by atoms with van der Waals surface area (Å²) in [5, 5.41) is 5.12. The molecular weight excluding hydrogens is 350 g/mol. The Morgan fingerprint density at radius 2 is 1.07 bits per heavy atom. The van der Waals surface area contributed by atoms with Crippen molar-refractivity contribution in [3.63, 3.8) is 0 Å². The normalized spacial score (nSPS) is 11.4. The monoisotopic (exact) mass is 369 g/mol. The fourth-order valence-electron chi connectivity index (χ4n) is 4.38. The summed E-state index contributed by atoms with van der Waals surface area (Å²) in [7, 11) is 0. The van der Waals surface area contributed by atoms with Gasteiger partial charge in [0.25, 0.3) is 0 Å². The van der Waals surface area contributed by atoms with Crippen molar-refractivity contribution in [3.8, 4) is 16.8 Å². The molecule has 136 valence electrons. The van der Waals surface area contributed by atoms with E-state index in [9.17, 15) is 0 Å². The van der Waals surface area contributed by atoms with Crippen molar-refractivity contribution in [1.29, 1.82) is 0 Å². The van der Waals surface area contributed by atoms with Gasteiger partial charge in [-0.25, -0.2) is 0 Å². The Balaban J connectivity index is 1.63. The van der Waals surface area contributed by atoms with Gasteiger partial charge in [-0.1, -0.05) is 78.9 Å². The van der Waals surface area contributed by atoms with Crippen LogP contribution < -0.4 is 0 Å². The Morgan fingerprint density at radius 1 is 0.414 bits per heavy atom. The van der Waals surface area contributed by atoms with Crippen LogP contribution in [-0.2, 0) is 0 Å². The molecule has 0 saturated heterocycles. The van der Waals surface area contributed by atoms with Gasteiger partial charge in [-0.05, 0) is 58.3 Å². The van der Waals surface area contributed by atoms with E-state index in [2.05, 4.69) is 120 Å². The molecule has 0 N–H and O–H groups in total. The summed E-state index contributed by atoms with van der Waals surface area (Å²) in [6, 6.07) is 41.3. The second-order valence-corrected chi connectivity index (χ2v) is 7.48. The van der Waals surface area contributed by atoms with Crippen molar-refractivity contribution >= 4 is 32.6 Å². The lowest BCUT2D eigenvalue weighted by Gasteiger charge is -2.08. The third-order valence-electron chi connectivity index (χ3n) is 5.77. The van der Waals surface area contributed by atoms with Crippen molar-refractivity contribution in [1.82, 2.24) is 4.57 Å². The fraction of sp³-hybridized carbons (Fsp3) is 0. The van der Waals surface area contributed by atoms with E-state index in [1.807, 2.05) is 0 Å². The van der Waals surface area contributed by atoms with Crippen LogP contribution in [0.2, 0.25) is 0 Å². The molecule has 0 radical (unpaired) electrons. The van der Waals surface area contributed by atoms with Crippen molar-refractivity contribution in [2.24, 2.45) is 0 Å². The lowest BCUT2D eigenvalue weighted by Crippen LogP contribution is -1.92. The Bertz CT molecular complexity index is 1490. The first-order valence-corrected chi connectivity index (χ1v) is 9.96. The summed E-state index contributed by atoms with van der Waals surface area (Å²) >= 11 is 0. The van der Waals surface area contributed by atoms with Crippen LogP contribution in [-0.4, -0.2) is 4.57 Å². The first kappa shape index (κ1) is 16.1. The quantitative estimate of drug-likeness (QED) is 0.296. The van der Waals surface area contributed by atoms with Crippen molar-refractivity contribution in [2.45, 2.75) is 0 Å². The molecule has 1 heterocycles. The molecule has 0 amide bonds. The third-order valence-corrected chi connectivity index (χ3v) is 5.77. The summed E-state index contributed by atoms with van der Waals surface area (Å²) < 4.78 is 2.36. The molecule has 1 aromatic heterocycles. The number of benzene rings is 5. The molecule has 6 aromatic rings. The largest absolute Gasteiger partial charge is 0.309 e. The number of rotatable bonds is 2. The SMILES string of the molecule is c1ccc(-n2c3ccccc3c3cc(-c4ccc5ccccc5c4)ccc32)cc1. The highest BCUT2D eigenvalue weighted by atomic mass is 15.0. The van der Waals surface area contributed by atoms with Crippen LogP contribution in [0.25, 0.3) is 49.4 Å². The number of hydrogen-bond acceptors (Lipinski definition) is 0. The molecule has 0 atom stereocenters. The van der Waals surface area contributed by atoms with Crippen LogP contribution in [0.15, 0.2) is 115 Å². The number of fused-ring (bicyclic) bond motifs is 4. The Hall–Kier alpha value is -3.84. The molecule has 0 unspecified atom stereocenters. The van der Waals surface area contributed by atoms with Gasteiger partial charge in [-0.15, -0.1) is 0 Å². The van der Waals surface area contributed by atoms with Gasteiger partial charge in [-0.2, -0.15) is 0 Å². The minimum atomic E-state index is 1.19. The van der Waals surface area contributed by atoms with Crippen LogP contribution in [0, 0.1) is 0 Å². The molecule has 0 spiro atoms. The topological polar surface area (TPSA) is 4.93 Å². The average molecular weight is 369 g/mol. The zero-order valence-corrected chi connectivity index (χ0v) is 15.9. The molecule has 0 fully saturated rings. The molecular formula is C28H19N. The van der Waals surface area contributed by atoms with Crippen molar-refractivity contribution < 1.29 is 0 Å². The Morgan fingerprint density at radius 3 is 1.97 bits per heavy atom. The molecule has 29 heavy (non-hydrogen) atoms. The molecule has 1 nitrogen and oxygen atoms in total. The third kappa shape index (κ3) is 2.55. The predicted molar refractivity (Wildman–Crippen MR) is 124 cm³/mol. The Labute approximate surface area is 169 Å². The molecule has 5 aromatic carbocycles. The van der Waals surface area contributed by atoms with E-state index in [-0.39, 0.29) is 0 Å². The van der Waals surface area contributed by atoms with Gasteiger partial charge in [0.15, 0.2) is 0 Å². The van der Waals surface area contributed by atoms with E-state index in [0.29, 0.717) is 0 Å². The van der Waals surface area contributed by atoms with Gasteiger partial charge in [0, 0.05) is 16.5 Å². The van der Waals surface area contributed by atoms with Crippen LogP contribution in [0.5, 0.6) is 0 Å². The number of hydrogen-bond donors (Lipinski definition) is 0. The first-order valence-electron chi connectivity index (χ1n) is 9.96. The van der Waals surface area contributed by atoms with Gasteiger partial charge in [0.2, 0.25) is 0 Å². The molecule has 0 saturated carbocycles. The van der Waals surface area contributed by atoms with Crippen LogP contribution in [0.4, 0.5) is 0 Å². The van der Waals surface area contributed by atoms with E-state index >= 15 is 0 Å². The predicted octanol–water partition coefficient (Wildman–Crippen LogP) is 7.60. The maximum Gasteiger partial charge on any atom is 0.0541 e. The molecule has 0 aliphatic rings. The molecule has 0 aliphatic heterocycles. The second kappa shape index (κ2) is 6.35. The van der Waals surface area contributed by atoms with Crippen molar-refractivity contribution in [3.05, 3.63) is 115 Å². The zero-order valence-electron chi connectivity index (χ0n) is 15.9. The summed E-state index contributed by atoms with van der Waals surface area (Å²) in [5.74, 6) is 0. The van der Waals surface area contributed by atoms with Crippen molar-refractivity contribution in [2.75, 3.05) is 0 Å². The van der Waals surface area contributed by atoms with E-state index in [1.54, 1.807) is 0 Å². The highest BCUT2D eigenvalue weighted by molar-refractivity contribution is 6.10. The zero-order chi connectivity index (χ0) is 19.2. The minimum absolute atomic E-state index is 1.19. The molecule has 6 rings (SSSR count). The van der Waals surface area contributed by atoms with Gasteiger partial charge in [-0.3, -0.25) is 0 Å². The van der Waals surface area contributed by atoms with E-state index in [1.165, 1.54) is 49.4 Å². The summed E-state index contributed by atoms with van der Waals surface area (Å²) in [6.45, 7) is 0. The summed E-state index contributed by atoms with van der Waals surface area (Å²) in [5.41, 5.74) is 6.17. The maximum absolute atomic E-state index is 2.36. The van der Waals surface area contributed by atoms with E-state index < -0.39 is 0 Å². The minimum Gasteiger partial charge on any atom is -0.309 e. The second-order valence-electron chi connectivity index (χ2n) is 7.48. The van der Waals surface area contributed by atoms with Gasteiger partial charge < -0.3 is 4.57 Å². The average Bonchev–Trinajstić information content (AvgIpc) is 3.13. The standard InChI is InChI=1S/C28H19N/c1-2-10-24(11-3-1)29-27-13-7-6-12-25(27)26-19-23(16-17-28(26)29)22-15-14-20-8-4-5-9-21(20)18-22/h1-19H. The van der Waals surface area contributed by atoms with Crippen LogP contribution in [0.3, 0.4) is 0 Å². The lowest BCUT2D eigenvalue weighted by atomic mass is 9.99. The van der Waals surface area contributed by atoms with Crippen LogP contribution in [0.1, 0.15) is 0 Å². The fourth-order valence-corrected chi connectivity index (χ4v) is 4.38. The number of para-hydroxylation sites is 2. The highest BCUT2D eigenvalue weighted by Gasteiger charge is 2.12. The summed E-state index contributed by atoms with van der Waals surface area (Å²) in [4.78, 5) is 0. The van der Waals surface area contributed by atoms with Gasteiger partial charge >= 0.3 is 0 Å². The maximum atomic E-state index is 2.36. The lowest BCUT2D eigenvalue weighted by molar-refractivity contribution is 1.18. The van der Waals surface area contributed by atoms with E-state index in [4.69, 9.17) is 0 Å². The first-order chi connectivity index (χ1) is 14.4.